The normalized spacial score (nSPS) is 13.5. The van der Waals surface area contributed by atoms with Gasteiger partial charge in [0.15, 0.2) is 5.69 Å². The van der Waals surface area contributed by atoms with Crippen LogP contribution in [0.3, 0.4) is 0 Å². The van der Waals surface area contributed by atoms with Crippen LogP contribution in [-0.4, -0.2) is 35.8 Å². The van der Waals surface area contributed by atoms with Gasteiger partial charge in [-0.3, -0.25) is 9.89 Å². The molecule has 7 heteroatoms. The zero-order chi connectivity index (χ0) is 15.4. The van der Waals surface area contributed by atoms with Crippen LogP contribution < -0.4 is 15.4 Å². The monoisotopic (exact) mass is 320 g/mol. The number of carbonyl (C=O) groups excluding carboxylic acids is 1. The van der Waals surface area contributed by atoms with Crippen LogP contribution in [0.15, 0.2) is 24.3 Å². The third-order valence-electron chi connectivity index (χ3n) is 3.49. The van der Waals surface area contributed by atoms with Crippen molar-refractivity contribution in [2.75, 3.05) is 19.7 Å². The highest BCUT2D eigenvalue weighted by Crippen LogP contribution is 2.16. The number of aromatic nitrogens is 2. The largest absolute Gasteiger partial charge is 0.492 e. The van der Waals surface area contributed by atoms with Crippen molar-refractivity contribution >= 4 is 17.5 Å². The summed E-state index contributed by atoms with van der Waals surface area (Å²) in [6.07, 6.45) is 0.870. The van der Waals surface area contributed by atoms with E-state index in [4.69, 9.17) is 16.3 Å². The van der Waals surface area contributed by atoms with Gasteiger partial charge in [-0.1, -0.05) is 11.6 Å². The maximum absolute atomic E-state index is 12.1. The van der Waals surface area contributed by atoms with Crippen molar-refractivity contribution < 1.29 is 9.53 Å². The van der Waals surface area contributed by atoms with Crippen molar-refractivity contribution in [3.63, 3.8) is 0 Å². The van der Waals surface area contributed by atoms with Gasteiger partial charge in [0.25, 0.3) is 5.91 Å². The minimum Gasteiger partial charge on any atom is -0.492 e. The molecule has 0 radical (unpaired) electrons. The number of benzene rings is 1. The second-order valence-electron chi connectivity index (χ2n) is 5.01. The summed E-state index contributed by atoms with van der Waals surface area (Å²) >= 11 is 5.80. The zero-order valence-corrected chi connectivity index (χ0v) is 12.7. The number of ether oxygens (including phenoxy) is 1. The molecule has 1 aliphatic rings. The molecule has 0 aliphatic carbocycles. The first kappa shape index (κ1) is 14.9. The molecule has 3 N–H and O–H groups in total. The van der Waals surface area contributed by atoms with Gasteiger partial charge in [-0.05, 0) is 24.3 Å². The third-order valence-corrected chi connectivity index (χ3v) is 3.74. The Morgan fingerprint density at radius 3 is 3.00 bits per heavy atom. The Morgan fingerprint density at radius 2 is 2.18 bits per heavy atom. The van der Waals surface area contributed by atoms with E-state index in [0.717, 1.165) is 30.0 Å². The quantitative estimate of drug-likeness (QED) is 0.730. The molecule has 1 aliphatic heterocycles. The Morgan fingerprint density at radius 1 is 1.36 bits per heavy atom. The van der Waals surface area contributed by atoms with Gasteiger partial charge in [0.2, 0.25) is 0 Å². The zero-order valence-electron chi connectivity index (χ0n) is 12.0. The van der Waals surface area contributed by atoms with Crippen molar-refractivity contribution in [1.82, 2.24) is 20.8 Å². The molecule has 116 valence electrons. The van der Waals surface area contributed by atoms with Gasteiger partial charge in [-0.2, -0.15) is 5.10 Å². The number of halogens is 1. The molecule has 1 amide bonds. The number of amides is 1. The molecule has 0 saturated carbocycles. The lowest BCUT2D eigenvalue weighted by molar-refractivity contribution is 0.0941. The molecule has 3 rings (SSSR count). The fourth-order valence-electron chi connectivity index (χ4n) is 2.36. The number of hydrogen-bond donors (Lipinski definition) is 3. The molecule has 2 aromatic rings. The maximum Gasteiger partial charge on any atom is 0.272 e. The van der Waals surface area contributed by atoms with E-state index >= 15 is 0 Å². The Labute approximate surface area is 133 Å². The first-order valence-corrected chi connectivity index (χ1v) is 7.55. The summed E-state index contributed by atoms with van der Waals surface area (Å²) in [7, 11) is 0. The van der Waals surface area contributed by atoms with Gasteiger partial charge in [-0.15, -0.1) is 0 Å². The molecule has 0 bridgehead atoms. The average Bonchev–Trinajstić information content (AvgIpc) is 2.97. The molecule has 6 nitrogen and oxygen atoms in total. The maximum atomic E-state index is 12.1. The van der Waals surface area contributed by atoms with Crippen molar-refractivity contribution in [1.29, 1.82) is 0 Å². The Bertz CT molecular complexity index is 654. The van der Waals surface area contributed by atoms with Gasteiger partial charge >= 0.3 is 0 Å². The van der Waals surface area contributed by atoms with Crippen LogP contribution in [0.2, 0.25) is 5.02 Å². The van der Waals surface area contributed by atoms with E-state index in [1.807, 2.05) is 0 Å². The SMILES string of the molecule is O=C(NCCOc1ccc(Cl)cc1)c1n[nH]c2c1CNCC2. The van der Waals surface area contributed by atoms with E-state index in [-0.39, 0.29) is 5.91 Å². The van der Waals surface area contributed by atoms with Crippen LogP contribution in [0.5, 0.6) is 5.75 Å². The first-order valence-electron chi connectivity index (χ1n) is 7.17. The molecule has 0 fully saturated rings. The van der Waals surface area contributed by atoms with E-state index in [1.54, 1.807) is 24.3 Å². The molecular weight excluding hydrogens is 304 g/mol. The van der Waals surface area contributed by atoms with Gasteiger partial charge in [-0.25, -0.2) is 0 Å². The second kappa shape index (κ2) is 6.81. The molecule has 1 aromatic heterocycles. The Balaban J connectivity index is 1.48. The van der Waals surface area contributed by atoms with Gasteiger partial charge in [0.05, 0.1) is 6.54 Å². The van der Waals surface area contributed by atoms with Crippen LogP contribution >= 0.6 is 11.6 Å². The highest BCUT2D eigenvalue weighted by Gasteiger charge is 2.21. The molecule has 2 heterocycles. The second-order valence-corrected chi connectivity index (χ2v) is 5.45. The Hall–Kier alpha value is -2.05. The summed E-state index contributed by atoms with van der Waals surface area (Å²) < 4.78 is 5.53. The van der Waals surface area contributed by atoms with Crippen molar-refractivity contribution in [2.45, 2.75) is 13.0 Å². The molecular formula is C15H17ClN4O2. The predicted molar refractivity (Wildman–Crippen MR) is 83.3 cm³/mol. The van der Waals surface area contributed by atoms with E-state index < -0.39 is 0 Å². The standard InChI is InChI=1S/C15H17ClN4O2/c16-10-1-3-11(4-2-10)22-8-7-18-15(21)14-12-9-17-6-5-13(12)19-20-14/h1-4,17H,5-9H2,(H,18,21)(H,19,20). The van der Waals surface area contributed by atoms with Crippen LogP contribution in [0.1, 0.15) is 21.7 Å². The highest BCUT2D eigenvalue weighted by molar-refractivity contribution is 6.30. The third kappa shape index (κ3) is 3.40. The molecule has 0 unspecified atom stereocenters. The number of fused-ring (bicyclic) bond motifs is 1. The minimum absolute atomic E-state index is 0.180. The van der Waals surface area contributed by atoms with Gasteiger partial charge < -0.3 is 15.4 Å². The summed E-state index contributed by atoms with van der Waals surface area (Å²) in [5.41, 5.74) is 2.47. The summed E-state index contributed by atoms with van der Waals surface area (Å²) in [6.45, 7) is 2.38. The lowest BCUT2D eigenvalue weighted by Crippen LogP contribution is -2.31. The van der Waals surface area contributed by atoms with Crippen LogP contribution in [0, 0.1) is 0 Å². The highest BCUT2D eigenvalue weighted by atomic mass is 35.5. The van der Waals surface area contributed by atoms with Gasteiger partial charge in [0, 0.05) is 35.8 Å². The van der Waals surface area contributed by atoms with E-state index in [9.17, 15) is 4.79 Å². The van der Waals surface area contributed by atoms with Crippen molar-refractivity contribution in [3.8, 4) is 5.75 Å². The number of carbonyl (C=O) groups is 1. The number of H-pyrrole nitrogens is 1. The minimum atomic E-state index is -0.180. The summed E-state index contributed by atoms with van der Waals surface area (Å²) in [5, 5.41) is 13.8. The molecule has 0 atom stereocenters. The molecule has 1 aromatic carbocycles. The fraction of sp³-hybridized carbons (Fsp3) is 0.333. The van der Waals surface area contributed by atoms with E-state index in [1.165, 1.54) is 0 Å². The number of rotatable bonds is 5. The van der Waals surface area contributed by atoms with Gasteiger partial charge in [0.1, 0.15) is 12.4 Å². The molecule has 22 heavy (non-hydrogen) atoms. The average molecular weight is 321 g/mol. The fourth-order valence-corrected chi connectivity index (χ4v) is 2.49. The van der Waals surface area contributed by atoms with E-state index in [2.05, 4.69) is 20.8 Å². The van der Waals surface area contributed by atoms with Crippen LogP contribution in [0.25, 0.3) is 0 Å². The van der Waals surface area contributed by atoms with E-state index in [0.29, 0.717) is 30.4 Å². The smallest absolute Gasteiger partial charge is 0.272 e. The van der Waals surface area contributed by atoms with Crippen molar-refractivity contribution in [2.24, 2.45) is 0 Å². The lowest BCUT2D eigenvalue weighted by Gasteiger charge is -2.13. The first-order chi connectivity index (χ1) is 10.7. The predicted octanol–water partition coefficient (Wildman–Crippen LogP) is 1.52. The number of nitrogens with zero attached hydrogens (tertiary/aromatic N) is 1. The lowest BCUT2D eigenvalue weighted by atomic mass is 10.1. The summed E-state index contributed by atoms with van der Waals surface area (Å²) in [5.74, 6) is 0.543. The molecule has 0 spiro atoms. The Kier molecular flexibility index (Phi) is 4.60. The van der Waals surface area contributed by atoms with Crippen LogP contribution in [-0.2, 0) is 13.0 Å². The van der Waals surface area contributed by atoms with Crippen molar-refractivity contribution in [3.05, 3.63) is 46.2 Å². The summed E-state index contributed by atoms with van der Waals surface area (Å²) in [4.78, 5) is 12.1. The number of hydrogen-bond acceptors (Lipinski definition) is 4. The molecule has 0 saturated heterocycles. The van der Waals surface area contributed by atoms with Crippen LogP contribution in [0.4, 0.5) is 0 Å². The topological polar surface area (TPSA) is 79.0 Å². The number of nitrogens with one attached hydrogen (secondary N) is 3. The summed E-state index contributed by atoms with van der Waals surface area (Å²) in [6, 6.07) is 7.11. The number of aromatic amines is 1.